The van der Waals surface area contributed by atoms with Gasteiger partial charge in [-0.1, -0.05) is 33.4 Å². The van der Waals surface area contributed by atoms with Gasteiger partial charge < -0.3 is 26.8 Å². The molecule has 0 bridgehead atoms. The number of amidine groups is 1. The molecule has 1 aliphatic rings. The summed E-state index contributed by atoms with van der Waals surface area (Å²) in [7, 11) is 0. The molecule has 1 aromatic heterocycles. The summed E-state index contributed by atoms with van der Waals surface area (Å²) in [5.41, 5.74) is 17.3. The Balaban J connectivity index is 1.47. The van der Waals surface area contributed by atoms with E-state index >= 15 is 0 Å². The zero-order valence-electron chi connectivity index (χ0n) is 21.7. The van der Waals surface area contributed by atoms with E-state index in [1.54, 1.807) is 17.4 Å². The van der Waals surface area contributed by atoms with E-state index < -0.39 is 0 Å². The fourth-order valence-corrected chi connectivity index (χ4v) is 3.98. The Morgan fingerprint density at radius 2 is 1.86 bits per heavy atom. The first-order chi connectivity index (χ1) is 17.6. The number of nitrogens with two attached hydrogens (primary N) is 2. The van der Waals surface area contributed by atoms with Crippen molar-refractivity contribution in [1.82, 2.24) is 9.97 Å². The van der Waals surface area contributed by atoms with E-state index in [0.717, 1.165) is 54.3 Å². The first-order valence-electron chi connectivity index (χ1n) is 12.4. The van der Waals surface area contributed by atoms with Gasteiger partial charge in [0.05, 0.1) is 28.9 Å². The maximum Gasteiger partial charge on any atom is 0.227 e. The van der Waals surface area contributed by atoms with Gasteiger partial charge in [0.2, 0.25) is 5.95 Å². The van der Waals surface area contributed by atoms with Crippen LogP contribution in [0.2, 0.25) is 0 Å². The second-order valence-electron chi connectivity index (χ2n) is 10.2. The highest BCUT2D eigenvalue weighted by molar-refractivity contribution is 5.86. The van der Waals surface area contributed by atoms with Crippen molar-refractivity contribution < 1.29 is 5.11 Å². The van der Waals surface area contributed by atoms with E-state index in [4.69, 9.17) is 11.5 Å². The van der Waals surface area contributed by atoms with Gasteiger partial charge in [0, 0.05) is 42.2 Å². The molecule has 2 aromatic carbocycles. The Kier molecular flexibility index (Phi) is 7.63. The Hall–Kier alpha value is -4.11. The van der Waals surface area contributed by atoms with Crippen LogP contribution in [0.5, 0.6) is 0 Å². The van der Waals surface area contributed by atoms with Gasteiger partial charge in [-0.3, -0.25) is 0 Å². The number of nitrogens with one attached hydrogen (secondary N) is 1. The van der Waals surface area contributed by atoms with E-state index in [1.165, 1.54) is 0 Å². The minimum absolute atomic E-state index is 0.221. The van der Waals surface area contributed by atoms with Gasteiger partial charge in [-0.25, -0.2) is 15.0 Å². The molecule has 1 fully saturated rings. The molecule has 0 atom stereocenters. The van der Waals surface area contributed by atoms with Crippen LogP contribution in [0.4, 0.5) is 28.7 Å². The molecule has 9 heteroatoms. The fraction of sp³-hybridized carbons (Fsp3) is 0.321. The predicted octanol–water partition coefficient (Wildman–Crippen LogP) is 4.70. The van der Waals surface area contributed by atoms with Gasteiger partial charge >= 0.3 is 0 Å². The molecule has 6 N–H and O–H groups in total. The van der Waals surface area contributed by atoms with Crippen molar-refractivity contribution in [1.29, 1.82) is 0 Å². The largest absolute Gasteiger partial charge is 0.397 e. The van der Waals surface area contributed by atoms with Crippen LogP contribution in [-0.4, -0.2) is 40.1 Å². The number of hydrogen-bond acceptors (Lipinski definition) is 8. The Labute approximate surface area is 218 Å². The van der Waals surface area contributed by atoms with Gasteiger partial charge in [0.15, 0.2) is 0 Å². The topological polar surface area (TPSA) is 129 Å². The number of aliphatic hydroxyl groups is 1. The molecule has 3 aromatic rings. The van der Waals surface area contributed by atoms with Gasteiger partial charge in [-0.15, -0.1) is 0 Å². The first kappa shape index (κ1) is 26.0. The van der Waals surface area contributed by atoms with Crippen LogP contribution in [0.1, 0.15) is 33.6 Å². The van der Waals surface area contributed by atoms with E-state index in [-0.39, 0.29) is 11.5 Å². The van der Waals surface area contributed by atoms with Gasteiger partial charge in [0.25, 0.3) is 0 Å². The summed E-state index contributed by atoms with van der Waals surface area (Å²) >= 11 is 0. The van der Waals surface area contributed by atoms with Crippen molar-refractivity contribution >= 4 is 34.5 Å². The zero-order chi connectivity index (χ0) is 26.6. The number of hydrazone groups is 1. The van der Waals surface area contributed by atoms with Crippen LogP contribution in [0, 0.1) is 5.41 Å². The van der Waals surface area contributed by atoms with Crippen LogP contribution in [0.3, 0.4) is 0 Å². The Bertz CT molecular complexity index is 1260. The Morgan fingerprint density at radius 1 is 1.16 bits per heavy atom. The van der Waals surface area contributed by atoms with Crippen molar-refractivity contribution in [2.75, 3.05) is 34.0 Å². The molecule has 37 heavy (non-hydrogen) atoms. The minimum atomic E-state index is -0.243. The maximum atomic E-state index is 9.78. The third kappa shape index (κ3) is 6.37. The van der Waals surface area contributed by atoms with E-state index in [0.29, 0.717) is 17.5 Å². The van der Waals surface area contributed by atoms with Gasteiger partial charge in [0.1, 0.15) is 5.84 Å². The second kappa shape index (κ2) is 10.9. The summed E-state index contributed by atoms with van der Waals surface area (Å²) in [6.45, 7) is 11.5. The number of hydrogen-bond donors (Lipinski definition) is 4. The lowest BCUT2D eigenvalue weighted by Gasteiger charge is -2.32. The number of rotatable bonds is 7. The third-order valence-corrected chi connectivity index (χ3v) is 6.33. The smallest absolute Gasteiger partial charge is 0.227 e. The molecule has 0 aliphatic carbocycles. The monoisotopic (exact) mass is 500 g/mol. The number of aliphatic hydroxyl groups excluding tert-OH is 1. The Morgan fingerprint density at radius 3 is 2.49 bits per heavy atom. The van der Waals surface area contributed by atoms with Crippen LogP contribution < -0.4 is 26.7 Å². The third-order valence-electron chi connectivity index (χ3n) is 6.33. The molecule has 1 saturated heterocycles. The van der Waals surface area contributed by atoms with Crippen molar-refractivity contribution in [2.24, 2.45) is 16.3 Å². The molecular weight excluding hydrogens is 464 g/mol. The molecule has 0 spiro atoms. The lowest BCUT2D eigenvalue weighted by molar-refractivity contribution is 0.145. The first-order valence-corrected chi connectivity index (χ1v) is 12.4. The predicted molar refractivity (Wildman–Crippen MR) is 153 cm³/mol. The average molecular weight is 501 g/mol. The highest BCUT2D eigenvalue weighted by Crippen LogP contribution is 2.31. The van der Waals surface area contributed by atoms with E-state index in [2.05, 4.69) is 31.9 Å². The molecule has 194 valence electrons. The number of nitrogen functional groups attached to an aromatic ring is 1. The van der Waals surface area contributed by atoms with Gasteiger partial charge in [-0.05, 0) is 55.3 Å². The molecule has 0 unspecified atom stereocenters. The summed E-state index contributed by atoms with van der Waals surface area (Å²) in [4.78, 5) is 11.3. The lowest BCUT2D eigenvalue weighted by atomic mass is 9.96. The minimum Gasteiger partial charge on any atom is -0.397 e. The second-order valence-corrected chi connectivity index (χ2v) is 10.2. The number of piperidine rings is 1. The maximum absolute atomic E-state index is 9.78. The normalized spacial score (nSPS) is 14.9. The van der Waals surface area contributed by atoms with Crippen molar-refractivity contribution in [3.8, 4) is 11.3 Å². The van der Waals surface area contributed by atoms with E-state index in [1.807, 2.05) is 69.3 Å². The molecular formula is C28H36N8O. The summed E-state index contributed by atoms with van der Waals surface area (Å²) in [6.07, 6.45) is 4.64. The standard InChI is InChI=1S/C28H36N8O/c1-5-36(34-26(30)28(2,3)4)21-9-7-20(8-10-21)32-27-31-15-12-24(33-27)19-6-11-25(23(29)18-19)35-16-13-22(37)14-17-35/h5-12,15,18,22,37H,1,13-14,16-17,29H2,2-4H3,(H2,30,34)(H,31,32,33). The van der Waals surface area contributed by atoms with Crippen LogP contribution in [0.25, 0.3) is 11.3 Å². The van der Waals surface area contributed by atoms with Crippen molar-refractivity contribution in [3.05, 3.63) is 67.5 Å². The quantitative estimate of drug-likeness (QED) is 0.159. The van der Waals surface area contributed by atoms with Gasteiger partial charge in [-0.2, -0.15) is 5.10 Å². The summed E-state index contributed by atoms with van der Waals surface area (Å²) in [5, 5.41) is 19.2. The molecule has 0 saturated carbocycles. The van der Waals surface area contributed by atoms with Crippen molar-refractivity contribution in [3.63, 3.8) is 0 Å². The van der Waals surface area contributed by atoms with Crippen molar-refractivity contribution in [2.45, 2.75) is 39.7 Å². The zero-order valence-corrected chi connectivity index (χ0v) is 21.7. The highest BCUT2D eigenvalue weighted by Gasteiger charge is 2.19. The molecule has 1 aliphatic heterocycles. The highest BCUT2D eigenvalue weighted by atomic mass is 16.3. The fourth-order valence-electron chi connectivity index (χ4n) is 3.98. The molecule has 4 rings (SSSR count). The number of benzene rings is 2. The lowest BCUT2D eigenvalue weighted by Crippen LogP contribution is -2.36. The number of nitrogens with zero attached hydrogens (tertiary/aromatic N) is 5. The number of anilines is 5. The van der Waals surface area contributed by atoms with Crippen LogP contribution >= 0.6 is 0 Å². The van der Waals surface area contributed by atoms with E-state index in [9.17, 15) is 5.11 Å². The summed E-state index contributed by atoms with van der Waals surface area (Å²) in [5.74, 6) is 0.997. The van der Waals surface area contributed by atoms with Crippen LogP contribution in [-0.2, 0) is 0 Å². The SMILES string of the molecule is C=CN(/N=C(\N)C(C)(C)C)c1ccc(Nc2nccc(-c3ccc(N4CCC(O)CC4)c(N)c3)n2)cc1. The molecule has 0 radical (unpaired) electrons. The van der Waals surface area contributed by atoms with Crippen LogP contribution in [0.15, 0.2) is 72.6 Å². The molecule has 9 nitrogen and oxygen atoms in total. The number of aromatic nitrogens is 2. The summed E-state index contributed by atoms with van der Waals surface area (Å²) < 4.78 is 0. The molecule has 2 heterocycles. The summed E-state index contributed by atoms with van der Waals surface area (Å²) in [6, 6.07) is 15.5. The average Bonchev–Trinajstić information content (AvgIpc) is 2.88. The molecule has 0 amide bonds.